The molecule has 2 saturated heterocycles. The van der Waals surface area contributed by atoms with Crippen LogP contribution in [0, 0.1) is 0 Å². The van der Waals surface area contributed by atoms with Crippen molar-refractivity contribution in [3.63, 3.8) is 0 Å². The Bertz CT molecular complexity index is 630. The number of carbonyl (C=O) groups is 1. The van der Waals surface area contributed by atoms with E-state index in [1.165, 1.54) is 4.31 Å². The number of nitrogens with zero attached hydrogens (tertiary/aromatic N) is 2. The Morgan fingerprint density at radius 1 is 1.23 bits per heavy atom. The number of sulfone groups is 1. The van der Waals surface area contributed by atoms with Gasteiger partial charge in [0.2, 0.25) is 10.0 Å². The summed E-state index contributed by atoms with van der Waals surface area (Å²) in [7, 11) is -6.77. The van der Waals surface area contributed by atoms with Crippen molar-refractivity contribution in [2.24, 2.45) is 0 Å². The average molecular weight is 354 g/mol. The van der Waals surface area contributed by atoms with Crippen LogP contribution in [0.4, 0.5) is 0 Å². The molecule has 8 nitrogen and oxygen atoms in total. The summed E-state index contributed by atoms with van der Waals surface area (Å²) in [4.78, 5) is 12.5. The molecule has 22 heavy (non-hydrogen) atoms. The van der Waals surface area contributed by atoms with Gasteiger partial charge in [0.05, 0.1) is 29.7 Å². The lowest BCUT2D eigenvalue weighted by atomic mass is 10.1. The maximum atomic E-state index is 12.3. The molecule has 0 bridgehead atoms. The minimum atomic E-state index is -3.47. The molecule has 1 N–H and O–H groups in total. The minimum absolute atomic E-state index is 0.00535. The number of hydrogen-bond donors (Lipinski definition) is 1. The Morgan fingerprint density at radius 3 is 2.45 bits per heavy atom. The molecule has 2 aliphatic heterocycles. The number of sulfonamides is 1. The van der Waals surface area contributed by atoms with E-state index in [4.69, 9.17) is 5.11 Å². The number of carboxylic acid groups (broad SMARTS) is 1. The molecule has 0 saturated carbocycles. The highest BCUT2D eigenvalue weighted by molar-refractivity contribution is 7.92. The first-order valence-electron chi connectivity index (χ1n) is 7.32. The normalized spacial score (nSPS) is 29.3. The van der Waals surface area contributed by atoms with Crippen LogP contribution in [0.5, 0.6) is 0 Å². The average Bonchev–Trinajstić information content (AvgIpc) is 2.70. The number of hydrogen-bond acceptors (Lipinski definition) is 6. The molecule has 2 fully saturated rings. The number of fused-ring (bicyclic) bond motifs is 1. The van der Waals surface area contributed by atoms with Crippen molar-refractivity contribution in [3.8, 4) is 0 Å². The lowest BCUT2D eigenvalue weighted by Gasteiger charge is -2.42. The molecule has 2 heterocycles. The van der Waals surface area contributed by atoms with Crippen LogP contribution in [0.1, 0.15) is 19.8 Å². The molecular formula is C12H22N2O6S2. The zero-order valence-electron chi connectivity index (χ0n) is 12.5. The first-order valence-corrected chi connectivity index (χ1v) is 10.7. The second-order valence-corrected chi connectivity index (χ2v) is 10.0. The van der Waals surface area contributed by atoms with Crippen LogP contribution in [0.15, 0.2) is 0 Å². The van der Waals surface area contributed by atoms with Crippen molar-refractivity contribution in [1.82, 2.24) is 9.21 Å². The van der Waals surface area contributed by atoms with E-state index >= 15 is 0 Å². The molecule has 2 rings (SSSR count). The highest BCUT2D eigenvalue weighted by atomic mass is 32.2. The number of rotatable bonds is 6. The summed E-state index contributed by atoms with van der Waals surface area (Å²) in [5, 5.41) is 8.79. The smallest absolute Gasteiger partial charge is 0.304 e. The lowest BCUT2D eigenvalue weighted by Crippen LogP contribution is -2.61. The molecule has 0 aliphatic carbocycles. The minimum Gasteiger partial charge on any atom is -0.481 e. The molecule has 10 heteroatoms. The quantitative estimate of drug-likeness (QED) is 0.650. The molecule has 2 aliphatic rings. The zero-order chi connectivity index (χ0) is 16.5. The standard InChI is InChI=1S/C12H22N2O6S2/c1-2-7-22(19,20)14-6-5-13(4-3-12(15)16)10-8-21(17,18)9-11(10)14/h10-11H,2-9H2,1H3,(H,15,16)/t10-,11+/m1/s1. The Balaban J connectivity index is 2.22. The number of carboxylic acids is 1. The molecule has 0 aromatic heterocycles. The number of aliphatic carboxylic acids is 1. The summed E-state index contributed by atoms with van der Waals surface area (Å²) < 4.78 is 49.9. The molecule has 2 atom stereocenters. The predicted molar refractivity (Wildman–Crippen MR) is 80.8 cm³/mol. The first-order chi connectivity index (χ1) is 10.2. The summed E-state index contributed by atoms with van der Waals surface area (Å²) in [6.45, 7) is 2.60. The van der Waals surface area contributed by atoms with Crippen molar-refractivity contribution < 1.29 is 26.7 Å². The summed E-state index contributed by atoms with van der Waals surface area (Å²) >= 11 is 0. The summed E-state index contributed by atoms with van der Waals surface area (Å²) in [6.07, 6.45) is 0.399. The summed E-state index contributed by atoms with van der Waals surface area (Å²) in [5.74, 6) is -1.22. The van der Waals surface area contributed by atoms with Crippen LogP contribution in [-0.2, 0) is 24.7 Å². The third-order valence-electron chi connectivity index (χ3n) is 4.17. The van der Waals surface area contributed by atoms with Crippen LogP contribution in [0.3, 0.4) is 0 Å². The van der Waals surface area contributed by atoms with Gasteiger partial charge in [-0.15, -0.1) is 0 Å². The van der Waals surface area contributed by atoms with Crippen molar-refractivity contribution in [3.05, 3.63) is 0 Å². The number of piperazine rings is 1. The van der Waals surface area contributed by atoms with Crippen LogP contribution >= 0.6 is 0 Å². The fourth-order valence-electron chi connectivity index (χ4n) is 3.23. The Hall–Kier alpha value is -0.710. The monoisotopic (exact) mass is 354 g/mol. The van der Waals surface area contributed by atoms with E-state index in [2.05, 4.69) is 0 Å². The van der Waals surface area contributed by atoms with E-state index in [9.17, 15) is 21.6 Å². The van der Waals surface area contributed by atoms with Crippen LogP contribution in [0.25, 0.3) is 0 Å². The van der Waals surface area contributed by atoms with Gasteiger partial charge in [-0.2, -0.15) is 4.31 Å². The molecule has 0 unspecified atom stereocenters. The van der Waals surface area contributed by atoms with Gasteiger partial charge in [0.15, 0.2) is 9.84 Å². The second kappa shape index (κ2) is 6.42. The Morgan fingerprint density at radius 2 is 1.86 bits per heavy atom. The van der Waals surface area contributed by atoms with Gasteiger partial charge < -0.3 is 5.11 Å². The summed E-state index contributed by atoms with van der Waals surface area (Å²) in [6, 6.07) is -1.03. The summed E-state index contributed by atoms with van der Waals surface area (Å²) in [5.41, 5.74) is 0. The fourth-order valence-corrected chi connectivity index (χ4v) is 7.07. The topological polar surface area (TPSA) is 112 Å². The second-order valence-electron chi connectivity index (χ2n) is 5.82. The van der Waals surface area contributed by atoms with E-state index in [1.807, 2.05) is 0 Å². The molecule has 0 aromatic rings. The van der Waals surface area contributed by atoms with Crippen LogP contribution < -0.4 is 0 Å². The van der Waals surface area contributed by atoms with Gasteiger partial charge in [-0.1, -0.05) is 6.92 Å². The van der Waals surface area contributed by atoms with Crippen molar-refractivity contribution in [1.29, 1.82) is 0 Å². The van der Waals surface area contributed by atoms with Crippen molar-refractivity contribution >= 4 is 25.8 Å². The van der Waals surface area contributed by atoms with Crippen molar-refractivity contribution in [2.45, 2.75) is 31.8 Å². The molecular weight excluding hydrogens is 332 g/mol. The molecule has 128 valence electrons. The predicted octanol–water partition coefficient (Wildman–Crippen LogP) is -1.02. The van der Waals surface area contributed by atoms with Gasteiger partial charge in [0, 0.05) is 25.7 Å². The Labute approximate surface area is 131 Å². The lowest BCUT2D eigenvalue weighted by molar-refractivity contribution is -0.137. The van der Waals surface area contributed by atoms with E-state index in [1.54, 1.807) is 11.8 Å². The van der Waals surface area contributed by atoms with Gasteiger partial charge in [-0.3, -0.25) is 9.69 Å². The van der Waals surface area contributed by atoms with Crippen LogP contribution in [0.2, 0.25) is 0 Å². The maximum Gasteiger partial charge on any atom is 0.304 e. The highest BCUT2D eigenvalue weighted by Crippen LogP contribution is 2.29. The highest BCUT2D eigenvalue weighted by Gasteiger charge is 2.49. The van der Waals surface area contributed by atoms with Gasteiger partial charge in [0.25, 0.3) is 0 Å². The maximum absolute atomic E-state index is 12.3. The first kappa shape index (κ1) is 17.6. The molecule has 0 spiro atoms. The Kier molecular flexibility index (Phi) is 5.15. The van der Waals surface area contributed by atoms with Gasteiger partial charge in [0.1, 0.15) is 0 Å². The molecule has 0 amide bonds. The third kappa shape index (κ3) is 3.79. The molecule has 0 radical (unpaired) electrons. The zero-order valence-corrected chi connectivity index (χ0v) is 14.1. The van der Waals surface area contributed by atoms with Gasteiger partial charge in [-0.05, 0) is 6.42 Å². The van der Waals surface area contributed by atoms with Crippen molar-refractivity contribution in [2.75, 3.05) is 36.9 Å². The largest absolute Gasteiger partial charge is 0.481 e. The SMILES string of the molecule is CCCS(=O)(=O)N1CCN(CCC(=O)O)[C@@H]2CS(=O)(=O)C[C@@H]21. The van der Waals surface area contributed by atoms with Gasteiger partial charge in [-0.25, -0.2) is 16.8 Å². The van der Waals surface area contributed by atoms with E-state index in [0.717, 1.165) is 0 Å². The molecule has 0 aromatic carbocycles. The fraction of sp³-hybridized carbons (Fsp3) is 0.917. The van der Waals surface area contributed by atoms with E-state index in [-0.39, 0.29) is 36.8 Å². The van der Waals surface area contributed by atoms with Gasteiger partial charge >= 0.3 is 5.97 Å². The van der Waals surface area contributed by atoms with E-state index in [0.29, 0.717) is 13.0 Å². The third-order valence-corrected chi connectivity index (χ3v) is 7.96. The van der Waals surface area contributed by atoms with Crippen LogP contribution in [-0.4, -0.2) is 86.1 Å². The van der Waals surface area contributed by atoms with E-state index < -0.39 is 37.9 Å².